The molecule has 4 aliphatic rings. The number of fused-ring (bicyclic) bond motifs is 2. The predicted octanol–water partition coefficient (Wildman–Crippen LogP) is 1.82. The maximum Gasteiger partial charge on any atom is 0.293 e. The van der Waals surface area contributed by atoms with Crippen LogP contribution in [0.2, 0.25) is 5.02 Å². The summed E-state index contributed by atoms with van der Waals surface area (Å²) in [6.45, 7) is 2.84. The number of piperazine rings is 1. The van der Waals surface area contributed by atoms with Gasteiger partial charge in [0.1, 0.15) is 11.1 Å². The SMILES string of the molecule is CNC(=O)COc1cc2cc(Nc3nc(N4CCC(CN5CCN(c6ccc7c(c6)C(=O)N(C6CCC(=O)NC6=O)C7=O)CC5=O)CC4)ncc3Cl)ccc2n(C)c1=O. The number of nitrogens with one attached hydrogen (secondary N) is 3. The van der Waals surface area contributed by atoms with Crippen molar-refractivity contribution >= 4 is 81.1 Å². The lowest BCUT2D eigenvalue weighted by atomic mass is 9.96. The fourth-order valence-electron chi connectivity index (χ4n) is 7.99. The van der Waals surface area contributed by atoms with Crippen LogP contribution in [0.25, 0.3) is 10.9 Å². The molecule has 0 saturated carbocycles. The number of hydrogen-bond donors (Lipinski definition) is 3. The molecule has 4 aliphatic heterocycles. The highest BCUT2D eigenvalue weighted by atomic mass is 35.5. The van der Waals surface area contributed by atoms with E-state index in [1.165, 1.54) is 11.6 Å². The molecule has 3 saturated heterocycles. The summed E-state index contributed by atoms with van der Waals surface area (Å²) in [5.41, 5.74) is 1.98. The Labute approximate surface area is 342 Å². The second-order valence-electron chi connectivity index (χ2n) is 15.0. The second kappa shape index (κ2) is 16.0. The van der Waals surface area contributed by atoms with E-state index < -0.39 is 29.7 Å². The van der Waals surface area contributed by atoms with Crippen LogP contribution in [0.3, 0.4) is 0 Å². The molecule has 6 amide bonds. The van der Waals surface area contributed by atoms with E-state index in [-0.39, 0.29) is 66.2 Å². The van der Waals surface area contributed by atoms with Crippen molar-refractivity contribution in [2.75, 3.05) is 68.0 Å². The Hall–Kier alpha value is -6.56. The normalized spacial score (nSPS) is 18.7. The number of anilines is 4. The smallest absolute Gasteiger partial charge is 0.293 e. The number of amides is 6. The highest BCUT2D eigenvalue weighted by Crippen LogP contribution is 2.33. The van der Waals surface area contributed by atoms with E-state index in [9.17, 15) is 33.6 Å². The Bertz CT molecular complexity index is 2480. The van der Waals surface area contributed by atoms with Crippen molar-refractivity contribution in [3.63, 3.8) is 0 Å². The summed E-state index contributed by atoms with van der Waals surface area (Å²) in [5.74, 6) is -1.40. The Balaban J connectivity index is 0.858. The van der Waals surface area contributed by atoms with E-state index in [2.05, 4.69) is 25.8 Å². The number of rotatable bonds is 10. The standard InChI is InChI=1S/C40H41ClN10O8/c1-42-33(53)21-59-31-16-23-15-24(3-6-29(23)47(2)39(31)58)44-35-28(41)18-43-40(46-35)48-11-9-22(10-12-48)19-50-14-13-49(20-34(50)54)25-4-5-26-27(17-25)38(57)51(37(26)56)30-7-8-32(52)45-36(30)55/h3-6,15-18,22,30H,7-14,19-21H2,1-2H3,(H,42,53)(H,43,44,46)(H,45,52,55). The van der Waals surface area contributed by atoms with Crippen molar-refractivity contribution in [3.05, 3.63) is 75.2 Å². The Morgan fingerprint density at radius 1 is 0.932 bits per heavy atom. The number of benzene rings is 2. The molecule has 59 heavy (non-hydrogen) atoms. The van der Waals surface area contributed by atoms with E-state index in [1.807, 2.05) is 21.9 Å². The van der Waals surface area contributed by atoms with Gasteiger partial charge in [0.05, 0.1) is 29.4 Å². The molecule has 19 heteroatoms. The number of likely N-dealkylation sites (N-methyl/N-ethyl adjacent to an activating group) is 1. The molecule has 3 N–H and O–H groups in total. The second-order valence-corrected chi connectivity index (χ2v) is 15.4. The maximum absolute atomic E-state index is 13.4. The maximum atomic E-state index is 13.4. The van der Waals surface area contributed by atoms with Gasteiger partial charge in [0.2, 0.25) is 23.7 Å². The number of aromatic nitrogens is 3. The Morgan fingerprint density at radius 3 is 2.46 bits per heavy atom. The summed E-state index contributed by atoms with van der Waals surface area (Å²) in [6, 6.07) is 10.9. The molecule has 4 aromatic rings. The first-order valence-electron chi connectivity index (χ1n) is 19.3. The number of hydrogen-bond acceptors (Lipinski definition) is 13. The number of carbonyl (C=O) groups excluding carboxylic acids is 6. The van der Waals surface area contributed by atoms with Crippen molar-refractivity contribution in [1.29, 1.82) is 0 Å². The molecule has 0 bridgehead atoms. The first-order valence-corrected chi connectivity index (χ1v) is 19.7. The van der Waals surface area contributed by atoms with Gasteiger partial charge in [-0.05, 0) is 67.6 Å². The number of carbonyl (C=O) groups is 6. The van der Waals surface area contributed by atoms with Crippen LogP contribution in [0, 0.1) is 5.92 Å². The van der Waals surface area contributed by atoms with Crippen LogP contribution in [0.4, 0.5) is 23.1 Å². The summed E-state index contributed by atoms with van der Waals surface area (Å²) in [6.07, 6.45) is 3.31. The van der Waals surface area contributed by atoms with Crippen molar-refractivity contribution in [2.45, 2.75) is 31.7 Å². The number of piperidine rings is 2. The van der Waals surface area contributed by atoms with Gasteiger partial charge in [0, 0.05) is 70.0 Å². The van der Waals surface area contributed by atoms with Gasteiger partial charge in [0.25, 0.3) is 23.3 Å². The average Bonchev–Trinajstić information content (AvgIpc) is 3.48. The molecule has 306 valence electrons. The minimum absolute atomic E-state index is 0.0351. The van der Waals surface area contributed by atoms with E-state index >= 15 is 0 Å². The van der Waals surface area contributed by atoms with Gasteiger partial charge < -0.3 is 34.6 Å². The van der Waals surface area contributed by atoms with E-state index in [1.54, 1.807) is 43.6 Å². The highest BCUT2D eigenvalue weighted by Gasteiger charge is 2.45. The summed E-state index contributed by atoms with van der Waals surface area (Å²) in [4.78, 5) is 104. The van der Waals surface area contributed by atoms with Crippen LogP contribution in [-0.2, 0) is 26.2 Å². The van der Waals surface area contributed by atoms with Crippen molar-refractivity contribution in [2.24, 2.45) is 13.0 Å². The largest absolute Gasteiger partial charge is 0.478 e. The van der Waals surface area contributed by atoms with Crippen LogP contribution < -0.4 is 36.0 Å². The molecule has 0 spiro atoms. The van der Waals surface area contributed by atoms with Gasteiger partial charge in [-0.15, -0.1) is 0 Å². The lowest BCUT2D eigenvalue weighted by Gasteiger charge is -2.39. The zero-order chi connectivity index (χ0) is 41.5. The fraction of sp³-hybridized carbons (Fsp3) is 0.375. The fourth-order valence-corrected chi connectivity index (χ4v) is 8.13. The topological polar surface area (TPSA) is 208 Å². The molecular formula is C40H41ClN10O8. The molecule has 0 radical (unpaired) electrons. The number of aryl methyl sites for hydroxylation is 1. The number of nitrogens with zero attached hydrogens (tertiary/aromatic N) is 7. The van der Waals surface area contributed by atoms with Crippen molar-refractivity contribution in [3.8, 4) is 5.75 Å². The number of ether oxygens (including phenoxy) is 1. The third-order valence-electron chi connectivity index (χ3n) is 11.3. The van der Waals surface area contributed by atoms with Gasteiger partial charge >= 0.3 is 0 Å². The minimum Gasteiger partial charge on any atom is -0.478 e. The monoisotopic (exact) mass is 824 g/mol. The lowest BCUT2D eigenvalue weighted by molar-refractivity contribution is -0.136. The molecule has 2 aromatic carbocycles. The molecule has 1 atom stereocenters. The summed E-state index contributed by atoms with van der Waals surface area (Å²) >= 11 is 6.53. The number of imide groups is 2. The van der Waals surface area contributed by atoms with E-state index in [4.69, 9.17) is 21.3 Å². The summed E-state index contributed by atoms with van der Waals surface area (Å²) in [7, 11) is 3.12. The van der Waals surface area contributed by atoms with Crippen molar-refractivity contribution < 1.29 is 33.5 Å². The van der Waals surface area contributed by atoms with Gasteiger partial charge in [0.15, 0.2) is 18.2 Å². The summed E-state index contributed by atoms with van der Waals surface area (Å²) in [5, 5.41) is 8.96. The van der Waals surface area contributed by atoms with Crippen molar-refractivity contribution in [1.82, 2.24) is 35.0 Å². The molecule has 2 aromatic heterocycles. The van der Waals surface area contributed by atoms with Crippen LogP contribution in [0.5, 0.6) is 5.75 Å². The molecule has 3 fully saturated rings. The molecule has 18 nitrogen and oxygen atoms in total. The van der Waals surface area contributed by atoms with Gasteiger partial charge in [-0.1, -0.05) is 11.6 Å². The Morgan fingerprint density at radius 2 is 1.71 bits per heavy atom. The molecular weight excluding hydrogens is 784 g/mol. The average molecular weight is 825 g/mol. The quantitative estimate of drug-likeness (QED) is 0.195. The third-order valence-corrected chi connectivity index (χ3v) is 11.6. The van der Waals surface area contributed by atoms with Gasteiger partial charge in [-0.25, -0.2) is 4.98 Å². The van der Waals surface area contributed by atoms with E-state index in [0.717, 1.165) is 17.7 Å². The molecule has 0 aliphatic carbocycles. The molecule has 6 heterocycles. The van der Waals surface area contributed by atoms with Crippen LogP contribution in [0.15, 0.2) is 53.5 Å². The van der Waals surface area contributed by atoms with Crippen LogP contribution >= 0.6 is 11.6 Å². The number of pyridine rings is 1. The molecule has 8 rings (SSSR count). The predicted molar refractivity (Wildman–Crippen MR) is 216 cm³/mol. The zero-order valence-corrected chi connectivity index (χ0v) is 33.1. The first-order chi connectivity index (χ1) is 28.4. The highest BCUT2D eigenvalue weighted by molar-refractivity contribution is 6.33. The summed E-state index contributed by atoms with van der Waals surface area (Å²) < 4.78 is 6.94. The van der Waals surface area contributed by atoms with Gasteiger partial charge in [-0.2, -0.15) is 4.98 Å². The zero-order valence-electron chi connectivity index (χ0n) is 32.3. The molecule has 1 unspecified atom stereocenters. The number of halogens is 1. The van der Waals surface area contributed by atoms with E-state index in [0.29, 0.717) is 71.8 Å². The Kier molecular flexibility index (Phi) is 10.7. The van der Waals surface area contributed by atoms with Crippen LogP contribution in [0.1, 0.15) is 46.4 Å². The third kappa shape index (κ3) is 7.74. The minimum atomic E-state index is -1.05. The first kappa shape index (κ1) is 39.3. The van der Waals surface area contributed by atoms with Crippen LogP contribution in [-0.4, -0.2) is 119 Å². The van der Waals surface area contributed by atoms with Gasteiger partial charge in [-0.3, -0.25) is 43.8 Å². The lowest BCUT2D eigenvalue weighted by Crippen LogP contribution is -2.54.